The Kier molecular flexibility index (Phi) is 9.53. The maximum atomic E-state index is 12.1. The zero-order valence-electron chi connectivity index (χ0n) is 18.9. The molecule has 2 N–H and O–H groups in total. The molecule has 2 aromatic rings. The van der Waals surface area contributed by atoms with Crippen LogP contribution in [0.25, 0.3) is 0 Å². The lowest BCUT2D eigenvalue weighted by molar-refractivity contribution is -0.149. The van der Waals surface area contributed by atoms with Gasteiger partial charge in [-0.1, -0.05) is 17.7 Å². The van der Waals surface area contributed by atoms with Crippen molar-refractivity contribution < 1.29 is 28.6 Å². The molecule has 0 aromatic heterocycles. The number of hydrogen-bond acceptors (Lipinski definition) is 6. The highest BCUT2D eigenvalue weighted by molar-refractivity contribution is 5.96. The van der Waals surface area contributed by atoms with Crippen LogP contribution in [0, 0.1) is 20.8 Å². The van der Waals surface area contributed by atoms with E-state index in [0.29, 0.717) is 12.4 Å². The van der Waals surface area contributed by atoms with Crippen molar-refractivity contribution in [1.82, 2.24) is 5.32 Å². The van der Waals surface area contributed by atoms with E-state index in [1.165, 1.54) is 0 Å². The smallest absolute Gasteiger partial charge is 0.309 e. The molecule has 0 aliphatic carbocycles. The van der Waals surface area contributed by atoms with Crippen molar-refractivity contribution in [3.63, 3.8) is 0 Å². The number of carbonyl (C=O) groups is 3. The van der Waals surface area contributed by atoms with Crippen LogP contribution in [0.3, 0.4) is 0 Å². The van der Waals surface area contributed by atoms with Gasteiger partial charge in [0.15, 0.2) is 6.61 Å². The number of anilines is 1. The number of carbonyl (C=O) groups excluding carboxylic acids is 3. The molecular formula is C24H30N2O6. The zero-order chi connectivity index (χ0) is 23.5. The lowest BCUT2D eigenvalue weighted by Gasteiger charge is -2.13. The molecule has 0 heterocycles. The molecule has 8 heteroatoms. The van der Waals surface area contributed by atoms with Crippen LogP contribution in [0.4, 0.5) is 5.69 Å². The van der Waals surface area contributed by atoms with E-state index in [2.05, 4.69) is 10.6 Å². The molecular weight excluding hydrogens is 412 g/mol. The highest BCUT2D eigenvalue weighted by Crippen LogP contribution is 2.21. The molecule has 8 nitrogen and oxygen atoms in total. The minimum atomic E-state index is -0.568. The van der Waals surface area contributed by atoms with Gasteiger partial charge in [-0.25, -0.2) is 0 Å². The monoisotopic (exact) mass is 442 g/mol. The van der Waals surface area contributed by atoms with E-state index in [-0.39, 0.29) is 25.5 Å². The Bertz CT molecular complexity index is 917. The standard InChI is InChI=1S/C24H30N2O6/c1-5-30-19-6-8-20(9-7-19)31-11-10-23(29)32-15-22(28)25-14-21(27)26-24-17(3)12-16(2)13-18(24)4/h6-9,12-13H,5,10-11,14-15H2,1-4H3,(H,25,28)(H,26,27). The minimum absolute atomic E-state index is 0.00699. The van der Waals surface area contributed by atoms with Crippen LogP contribution in [0.1, 0.15) is 30.0 Å². The van der Waals surface area contributed by atoms with Crippen LogP contribution in [0.2, 0.25) is 0 Å². The predicted molar refractivity (Wildman–Crippen MR) is 121 cm³/mol. The molecule has 0 atom stereocenters. The molecule has 0 bridgehead atoms. The van der Waals surface area contributed by atoms with E-state index in [1.807, 2.05) is 39.8 Å². The van der Waals surface area contributed by atoms with Gasteiger partial charge in [-0.15, -0.1) is 0 Å². The van der Waals surface area contributed by atoms with E-state index >= 15 is 0 Å². The summed E-state index contributed by atoms with van der Waals surface area (Å²) in [6, 6.07) is 11.0. The fraction of sp³-hybridized carbons (Fsp3) is 0.375. The summed E-state index contributed by atoms with van der Waals surface area (Å²) in [6.45, 7) is 7.72. The van der Waals surface area contributed by atoms with Crippen molar-refractivity contribution >= 4 is 23.5 Å². The van der Waals surface area contributed by atoms with Crippen molar-refractivity contribution in [2.45, 2.75) is 34.1 Å². The molecule has 0 unspecified atom stereocenters. The number of aryl methyl sites for hydroxylation is 3. The molecule has 2 rings (SSSR count). The summed E-state index contributed by atoms with van der Waals surface area (Å²) in [4.78, 5) is 35.7. The first-order valence-corrected chi connectivity index (χ1v) is 10.4. The molecule has 0 radical (unpaired) electrons. The largest absolute Gasteiger partial charge is 0.494 e. The van der Waals surface area contributed by atoms with Crippen molar-refractivity contribution in [3.8, 4) is 11.5 Å². The third kappa shape index (κ3) is 8.29. The SMILES string of the molecule is CCOc1ccc(OCCC(=O)OCC(=O)NCC(=O)Nc2c(C)cc(C)cc2C)cc1. The molecule has 0 fully saturated rings. The first kappa shape index (κ1) is 24.7. The lowest BCUT2D eigenvalue weighted by atomic mass is 10.1. The van der Waals surface area contributed by atoms with E-state index in [1.54, 1.807) is 24.3 Å². The number of hydrogen-bond donors (Lipinski definition) is 2. The summed E-state index contributed by atoms with van der Waals surface area (Å²) in [5.41, 5.74) is 3.74. The molecule has 0 aliphatic rings. The van der Waals surface area contributed by atoms with Crippen molar-refractivity contribution in [2.24, 2.45) is 0 Å². The maximum absolute atomic E-state index is 12.1. The Labute approximate surface area is 188 Å². The Hall–Kier alpha value is -3.55. The van der Waals surface area contributed by atoms with Crippen LogP contribution < -0.4 is 20.1 Å². The molecule has 32 heavy (non-hydrogen) atoms. The van der Waals surface area contributed by atoms with E-state index in [9.17, 15) is 14.4 Å². The van der Waals surface area contributed by atoms with Gasteiger partial charge in [-0.3, -0.25) is 14.4 Å². The van der Waals surface area contributed by atoms with E-state index in [0.717, 1.165) is 28.1 Å². The van der Waals surface area contributed by atoms with Crippen LogP contribution in [0.5, 0.6) is 11.5 Å². The number of benzene rings is 2. The Balaban J connectivity index is 1.64. The minimum Gasteiger partial charge on any atom is -0.494 e. The van der Waals surface area contributed by atoms with Gasteiger partial charge in [-0.05, 0) is 63.1 Å². The fourth-order valence-electron chi connectivity index (χ4n) is 3.06. The third-order valence-corrected chi connectivity index (χ3v) is 4.46. The summed E-state index contributed by atoms with van der Waals surface area (Å²) < 4.78 is 15.7. The Morgan fingerprint density at radius 2 is 1.47 bits per heavy atom. The summed E-state index contributed by atoms with van der Waals surface area (Å²) in [6.07, 6.45) is -0.00699. The quantitative estimate of drug-likeness (QED) is 0.519. The van der Waals surface area contributed by atoms with Gasteiger partial charge in [0.25, 0.3) is 5.91 Å². The second kappa shape index (κ2) is 12.3. The summed E-state index contributed by atoms with van der Waals surface area (Å²) in [5.74, 6) is -0.143. The molecule has 0 saturated heterocycles. The number of ether oxygens (including phenoxy) is 3. The molecule has 0 saturated carbocycles. The Morgan fingerprint density at radius 1 is 0.875 bits per heavy atom. The number of rotatable bonds is 11. The normalized spacial score (nSPS) is 10.2. The van der Waals surface area contributed by atoms with Gasteiger partial charge >= 0.3 is 5.97 Å². The summed E-state index contributed by atoms with van der Waals surface area (Å²) in [5, 5.41) is 5.23. The van der Waals surface area contributed by atoms with E-state index < -0.39 is 18.5 Å². The van der Waals surface area contributed by atoms with E-state index in [4.69, 9.17) is 14.2 Å². The van der Waals surface area contributed by atoms with Crippen LogP contribution >= 0.6 is 0 Å². The van der Waals surface area contributed by atoms with Crippen molar-refractivity contribution in [1.29, 1.82) is 0 Å². The molecule has 2 amide bonds. The third-order valence-electron chi connectivity index (χ3n) is 4.46. The first-order chi connectivity index (χ1) is 15.3. The molecule has 0 spiro atoms. The second-order valence-corrected chi connectivity index (χ2v) is 7.26. The molecule has 172 valence electrons. The topological polar surface area (TPSA) is 103 Å². The average Bonchev–Trinajstić information content (AvgIpc) is 2.74. The first-order valence-electron chi connectivity index (χ1n) is 10.4. The van der Waals surface area contributed by atoms with Crippen LogP contribution in [-0.4, -0.2) is 44.1 Å². The second-order valence-electron chi connectivity index (χ2n) is 7.26. The summed E-state index contributed by atoms with van der Waals surface area (Å²) in [7, 11) is 0. The number of esters is 1. The van der Waals surface area contributed by atoms with Gasteiger partial charge in [0.2, 0.25) is 5.91 Å². The van der Waals surface area contributed by atoms with Gasteiger partial charge in [0.1, 0.15) is 11.5 Å². The Morgan fingerprint density at radius 3 is 2.06 bits per heavy atom. The highest BCUT2D eigenvalue weighted by Gasteiger charge is 2.12. The molecule has 2 aromatic carbocycles. The average molecular weight is 443 g/mol. The van der Waals surface area contributed by atoms with Gasteiger partial charge in [0, 0.05) is 5.69 Å². The predicted octanol–water partition coefficient (Wildman–Crippen LogP) is 3.08. The fourth-order valence-corrected chi connectivity index (χ4v) is 3.06. The lowest BCUT2D eigenvalue weighted by Crippen LogP contribution is -2.35. The molecule has 0 aliphatic heterocycles. The number of amides is 2. The van der Waals surface area contributed by atoms with Crippen LogP contribution in [0.15, 0.2) is 36.4 Å². The summed E-state index contributed by atoms with van der Waals surface area (Å²) >= 11 is 0. The van der Waals surface area contributed by atoms with Gasteiger partial charge in [0.05, 0.1) is 26.2 Å². The number of nitrogens with one attached hydrogen (secondary N) is 2. The van der Waals surface area contributed by atoms with Gasteiger partial charge < -0.3 is 24.8 Å². The maximum Gasteiger partial charge on any atom is 0.309 e. The van der Waals surface area contributed by atoms with Crippen molar-refractivity contribution in [2.75, 3.05) is 31.7 Å². The van der Waals surface area contributed by atoms with Gasteiger partial charge in [-0.2, -0.15) is 0 Å². The highest BCUT2D eigenvalue weighted by atomic mass is 16.5. The van der Waals surface area contributed by atoms with Crippen LogP contribution in [-0.2, 0) is 19.1 Å². The van der Waals surface area contributed by atoms with Crippen molar-refractivity contribution in [3.05, 3.63) is 53.1 Å². The zero-order valence-corrected chi connectivity index (χ0v) is 18.9.